The van der Waals surface area contributed by atoms with Gasteiger partial charge in [-0.3, -0.25) is 0 Å². The van der Waals surface area contributed by atoms with Crippen LogP contribution in [0.25, 0.3) is 0 Å². The lowest BCUT2D eigenvalue weighted by Crippen LogP contribution is -2.18. The number of para-hydroxylation sites is 1. The summed E-state index contributed by atoms with van der Waals surface area (Å²) in [7, 11) is 0. The molecule has 0 saturated heterocycles. The number of hydrogen-bond donors (Lipinski definition) is 2. The van der Waals surface area contributed by atoms with E-state index >= 15 is 0 Å². The largest absolute Gasteiger partial charge is 0.492 e. The third-order valence-electron chi connectivity index (χ3n) is 3.21. The first kappa shape index (κ1) is 12.4. The molecular formula is C13H20N2OS. The molecule has 0 spiro atoms. The Labute approximate surface area is 107 Å². The van der Waals surface area contributed by atoms with Gasteiger partial charge in [-0.2, -0.15) is 11.8 Å². The molecule has 1 aromatic rings. The van der Waals surface area contributed by atoms with Gasteiger partial charge in [-0.05, 0) is 38.2 Å². The molecule has 1 aromatic carbocycles. The zero-order chi connectivity index (χ0) is 12.3. The van der Waals surface area contributed by atoms with Crippen LogP contribution in [0.3, 0.4) is 0 Å². The van der Waals surface area contributed by atoms with Crippen molar-refractivity contribution >= 4 is 23.1 Å². The molecule has 1 aliphatic carbocycles. The maximum absolute atomic E-state index is 6.07. The molecule has 0 atom stereocenters. The van der Waals surface area contributed by atoms with Crippen LogP contribution in [0, 0.1) is 0 Å². The molecule has 0 aliphatic heterocycles. The number of nitrogens with two attached hydrogens (primary N) is 1. The Morgan fingerprint density at radius 3 is 2.82 bits per heavy atom. The van der Waals surface area contributed by atoms with Crippen LogP contribution in [-0.4, -0.2) is 24.2 Å². The van der Waals surface area contributed by atoms with Crippen molar-refractivity contribution in [2.24, 2.45) is 0 Å². The van der Waals surface area contributed by atoms with Gasteiger partial charge < -0.3 is 15.8 Å². The van der Waals surface area contributed by atoms with Crippen molar-refractivity contribution in [3.05, 3.63) is 18.2 Å². The molecule has 17 heavy (non-hydrogen) atoms. The SMILES string of the molecule is CCOc1cccc(NCC2(SC)CC2)c1N. The topological polar surface area (TPSA) is 47.3 Å². The molecule has 0 radical (unpaired) electrons. The Balaban J connectivity index is 2.03. The van der Waals surface area contributed by atoms with Crippen LogP contribution in [0.15, 0.2) is 18.2 Å². The van der Waals surface area contributed by atoms with Gasteiger partial charge in [-0.15, -0.1) is 0 Å². The highest BCUT2D eigenvalue weighted by Gasteiger charge is 2.41. The summed E-state index contributed by atoms with van der Waals surface area (Å²) in [6.45, 7) is 3.59. The van der Waals surface area contributed by atoms with E-state index in [9.17, 15) is 0 Å². The van der Waals surface area contributed by atoms with E-state index in [1.807, 2.05) is 36.9 Å². The van der Waals surface area contributed by atoms with Crippen LogP contribution in [0.1, 0.15) is 19.8 Å². The Bertz CT molecular complexity index is 391. The number of anilines is 2. The number of hydrogen-bond acceptors (Lipinski definition) is 4. The molecule has 1 saturated carbocycles. The summed E-state index contributed by atoms with van der Waals surface area (Å²) < 4.78 is 5.92. The van der Waals surface area contributed by atoms with Gasteiger partial charge >= 0.3 is 0 Å². The first-order valence-corrected chi connectivity index (χ1v) is 7.23. The van der Waals surface area contributed by atoms with Crippen molar-refractivity contribution in [3.63, 3.8) is 0 Å². The highest BCUT2D eigenvalue weighted by Crippen LogP contribution is 2.47. The van der Waals surface area contributed by atoms with Gasteiger partial charge in [0, 0.05) is 11.3 Å². The lowest BCUT2D eigenvalue weighted by atomic mass is 10.2. The molecule has 0 bridgehead atoms. The molecule has 4 heteroatoms. The number of benzene rings is 1. The Hall–Kier alpha value is -1.03. The fourth-order valence-electron chi connectivity index (χ4n) is 1.83. The zero-order valence-electron chi connectivity index (χ0n) is 10.5. The van der Waals surface area contributed by atoms with E-state index in [-0.39, 0.29) is 0 Å². The average Bonchev–Trinajstić information content (AvgIpc) is 3.11. The number of nitrogens with one attached hydrogen (secondary N) is 1. The van der Waals surface area contributed by atoms with Crippen LogP contribution in [0.2, 0.25) is 0 Å². The van der Waals surface area contributed by atoms with Gasteiger partial charge in [0.1, 0.15) is 5.75 Å². The van der Waals surface area contributed by atoms with E-state index < -0.39 is 0 Å². The van der Waals surface area contributed by atoms with Crippen LogP contribution < -0.4 is 15.8 Å². The monoisotopic (exact) mass is 252 g/mol. The lowest BCUT2D eigenvalue weighted by molar-refractivity contribution is 0.342. The van der Waals surface area contributed by atoms with Gasteiger partial charge in [0.25, 0.3) is 0 Å². The predicted molar refractivity (Wildman–Crippen MR) is 76.0 cm³/mol. The van der Waals surface area contributed by atoms with Gasteiger partial charge in [-0.25, -0.2) is 0 Å². The van der Waals surface area contributed by atoms with Crippen molar-refractivity contribution in [2.45, 2.75) is 24.5 Å². The maximum Gasteiger partial charge on any atom is 0.144 e. The molecule has 1 fully saturated rings. The molecular weight excluding hydrogens is 232 g/mol. The summed E-state index contributed by atoms with van der Waals surface area (Å²) in [6, 6.07) is 5.89. The summed E-state index contributed by atoms with van der Waals surface area (Å²) in [5.41, 5.74) is 7.76. The van der Waals surface area contributed by atoms with E-state index in [1.165, 1.54) is 12.8 Å². The Morgan fingerprint density at radius 2 is 2.24 bits per heavy atom. The normalized spacial score (nSPS) is 16.6. The maximum atomic E-state index is 6.07. The van der Waals surface area contributed by atoms with E-state index in [0.29, 0.717) is 17.0 Å². The van der Waals surface area contributed by atoms with Gasteiger partial charge in [0.05, 0.1) is 18.0 Å². The molecule has 0 amide bonds. The summed E-state index contributed by atoms with van der Waals surface area (Å²) in [6.07, 6.45) is 4.77. The third kappa shape index (κ3) is 2.80. The third-order valence-corrected chi connectivity index (χ3v) is 4.63. The fraction of sp³-hybridized carbons (Fsp3) is 0.538. The van der Waals surface area contributed by atoms with Crippen molar-refractivity contribution in [3.8, 4) is 5.75 Å². The Morgan fingerprint density at radius 1 is 1.47 bits per heavy atom. The smallest absolute Gasteiger partial charge is 0.144 e. The van der Waals surface area contributed by atoms with Crippen molar-refractivity contribution < 1.29 is 4.74 Å². The minimum Gasteiger partial charge on any atom is -0.492 e. The quantitative estimate of drug-likeness (QED) is 0.764. The first-order valence-electron chi connectivity index (χ1n) is 6.01. The second kappa shape index (κ2) is 5.08. The summed E-state index contributed by atoms with van der Waals surface area (Å²) >= 11 is 1.94. The highest BCUT2D eigenvalue weighted by atomic mass is 32.2. The zero-order valence-corrected chi connectivity index (χ0v) is 11.3. The van der Waals surface area contributed by atoms with E-state index in [2.05, 4.69) is 11.6 Å². The van der Waals surface area contributed by atoms with Gasteiger partial charge in [0.15, 0.2) is 0 Å². The second-order valence-corrected chi connectivity index (χ2v) is 5.67. The van der Waals surface area contributed by atoms with Crippen LogP contribution in [-0.2, 0) is 0 Å². The number of nitrogen functional groups attached to an aromatic ring is 1. The number of thioether (sulfide) groups is 1. The van der Waals surface area contributed by atoms with E-state index in [4.69, 9.17) is 10.5 Å². The van der Waals surface area contributed by atoms with Crippen molar-refractivity contribution in [2.75, 3.05) is 30.5 Å². The molecule has 3 N–H and O–H groups in total. The molecule has 0 heterocycles. The average molecular weight is 252 g/mol. The molecule has 3 nitrogen and oxygen atoms in total. The second-order valence-electron chi connectivity index (χ2n) is 4.39. The van der Waals surface area contributed by atoms with Crippen LogP contribution in [0.4, 0.5) is 11.4 Å². The van der Waals surface area contributed by atoms with Crippen molar-refractivity contribution in [1.29, 1.82) is 0 Å². The van der Waals surface area contributed by atoms with Crippen molar-refractivity contribution in [1.82, 2.24) is 0 Å². The molecule has 94 valence electrons. The van der Waals surface area contributed by atoms with Gasteiger partial charge in [0.2, 0.25) is 0 Å². The molecule has 2 rings (SSSR count). The van der Waals surface area contributed by atoms with Crippen LogP contribution in [0.5, 0.6) is 5.75 Å². The summed E-state index contributed by atoms with van der Waals surface area (Å²) in [5.74, 6) is 0.770. The molecule has 1 aliphatic rings. The minimum absolute atomic E-state index is 0.439. The minimum atomic E-state index is 0.439. The number of ether oxygens (including phenoxy) is 1. The predicted octanol–water partition coefficient (Wildman–Crippen LogP) is 2.98. The van der Waals surface area contributed by atoms with Gasteiger partial charge in [-0.1, -0.05) is 6.07 Å². The standard InChI is InChI=1S/C13H20N2OS/c1-3-16-11-6-4-5-10(12(11)14)15-9-13(17-2)7-8-13/h4-6,15H,3,7-9,14H2,1-2H3. The van der Waals surface area contributed by atoms with E-state index in [0.717, 1.165) is 18.0 Å². The van der Waals surface area contributed by atoms with E-state index in [1.54, 1.807) is 0 Å². The molecule has 0 unspecified atom stereocenters. The highest BCUT2D eigenvalue weighted by molar-refractivity contribution is 8.00. The number of rotatable bonds is 6. The van der Waals surface area contributed by atoms with Crippen LogP contribution >= 0.6 is 11.8 Å². The lowest BCUT2D eigenvalue weighted by Gasteiger charge is -2.17. The fourth-order valence-corrected chi connectivity index (χ4v) is 2.56. The molecule has 0 aromatic heterocycles. The first-order chi connectivity index (χ1) is 8.21. The Kier molecular flexibility index (Phi) is 3.72. The summed E-state index contributed by atoms with van der Waals surface area (Å²) in [5, 5.41) is 3.44. The summed E-state index contributed by atoms with van der Waals surface area (Å²) in [4.78, 5) is 0.